The van der Waals surface area contributed by atoms with Gasteiger partial charge in [0.25, 0.3) is 0 Å². The van der Waals surface area contributed by atoms with Crippen LogP contribution in [0.4, 0.5) is 13.2 Å². The molecule has 2 fully saturated rings. The van der Waals surface area contributed by atoms with Crippen LogP contribution in [0.1, 0.15) is 12.8 Å². The fraction of sp³-hybridized carbons (Fsp3) is 0.714. The number of carbonyl (C=O) groups is 4. The maximum Gasteiger partial charge on any atom is 0.323 e. The van der Waals surface area contributed by atoms with Gasteiger partial charge < -0.3 is 21.7 Å². The number of carbonyl (C=O) groups excluding carboxylic acids is 4. The van der Waals surface area contributed by atoms with Crippen molar-refractivity contribution in [3.8, 4) is 0 Å². The van der Waals surface area contributed by atoms with Gasteiger partial charge in [0.1, 0.15) is 36.2 Å². The zero-order chi connectivity index (χ0) is 20.0. The van der Waals surface area contributed by atoms with Gasteiger partial charge in [0, 0.05) is 12.8 Å². The second kappa shape index (κ2) is 11.3. The van der Waals surface area contributed by atoms with Crippen LogP contribution in [-0.4, -0.2) is 82.8 Å². The number of nitrogens with zero attached hydrogens (tertiary/aromatic N) is 2. The lowest BCUT2D eigenvalue weighted by Gasteiger charge is -2.20. The maximum atomic E-state index is 12.8. The number of amides is 3. The molecule has 2 aliphatic heterocycles. The van der Waals surface area contributed by atoms with Gasteiger partial charge in [0.05, 0.1) is 13.1 Å². The highest BCUT2D eigenvalue weighted by molar-refractivity contribution is 6.27. The quantitative estimate of drug-likeness (QED) is 0.487. The summed E-state index contributed by atoms with van der Waals surface area (Å²) in [5.41, 5.74) is 5.00. The third-order valence-electron chi connectivity index (χ3n) is 3.96. The number of alkyl halides is 4. The van der Waals surface area contributed by atoms with Crippen molar-refractivity contribution in [3.63, 3.8) is 0 Å². The minimum absolute atomic E-state index is 0. The summed E-state index contributed by atoms with van der Waals surface area (Å²) in [6, 6.07) is -3.79. The van der Waals surface area contributed by atoms with E-state index in [0.717, 1.165) is 9.80 Å². The average Bonchev–Trinajstić information content (AvgIpc) is 3.17. The molecule has 2 heterocycles. The summed E-state index contributed by atoms with van der Waals surface area (Å²) in [6.07, 6.45) is -2.79. The van der Waals surface area contributed by atoms with Crippen LogP contribution in [0, 0.1) is 0 Å². The number of hydrogen-bond donors (Lipinski definition) is 2. The fourth-order valence-corrected chi connectivity index (χ4v) is 3.07. The summed E-state index contributed by atoms with van der Waals surface area (Å²) in [6.45, 7) is -0.328. The van der Waals surface area contributed by atoms with Crippen LogP contribution >= 0.6 is 23.2 Å². The SMILES string of the molecule is N.NC(=O)[C@@H]1C[C@H](F)CN1C(=O)CCl.O=C(F)[C@@H]1C[C@H](F)CN1C(=O)CCl. The van der Waals surface area contributed by atoms with Gasteiger partial charge in [-0.25, -0.2) is 8.78 Å². The van der Waals surface area contributed by atoms with Crippen LogP contribution in [0.25, 0.3) is 0 Å². The fourth-order valence-electron chi connectivity index (χ4n) is 2.76. The van der Waals surface area contributed by atoms with Crippen molar-refractivity contribution in [1.29, 1.82) is 0 Å². The Morgan fingerprint density at radius 2 is 1.26 bits per heavy atom. The Labute approximate surface area is 163 Å². The molecular formula is C14H21Cl2F3N4O4. The molecule has 0 aromatic heterocycles. The van der Waals surface area contributed by atoms with E-state index in [4.69, 9.17) is 28.9 Å². The summed E-state index contributed by atoms with van der Waals surface area (Å²) >= 11 is 10.5. The highest BCUT2D eigenvalue weighted by Crippen LogP contribution is 2.22. The van der Waals surface area contributed by atoms with Crippen molar-refractivity contribution in [2.24, 2.45) is 5.73 Å². The number of hydrogen-bond acceptors (Lipinski definition) is 5. The van der Waals surface area contributed by atoms with Gasteiger partial charge in [0.2, 0.25) is 17.7 Å². The molecule has 2 rings (SSSR count). The summed E-state index contributed by atoms with van der Waals surface area (Å²) in [5.74, 6) is -2.37. The molecule has 0 aromatic carbocycles. The van der Waals surface area contributed by atoms with Crippen LogP contribution in [-0.2, 0) is 19.2 Å². The number of rotatable bonds is 4. The highest BCUT2D eigenvalue weighted by atomic mass is 35.5. The Morgan fingerprint density at radius 3 is 1.59 bits per heavy atom. The number of nitrogens with two attached hydrogens (primary N) is 1. The minimum Gasteiger partial charge on any atom is -0.368 e. The molecule has 2 saturated heterocycles. The normalized spacial score (nSPS) is 26.7. The molecule has 2 aliphatic rings. The lowest BCUT2D eigenvalue weighted by atomic mass is 10.2. The van der Waals surface area contributed by atoms with E-state index in [0.29, 0.717) is 0 Å². The standard InChI is InChI=1S/C7H8ClF2NO2.C7H10ClFN2O2.H3N/c2*8-2-6(12)11-3-4(9)1-5(11)7(10)13;/h4-5H,1-3H2;4-5H,1-3H2,(H2,10,13);1H3/t2*4-,5-;/m00./s1. The lowest BCUT2D eigenvalue weighted by molar-refractivity contribution is -0.141. The number of likely N-dealkylation sites (tertiary alicyclic amines) is 2. The van der Waals surface area contributed by atoms with Crippen LogP contribution in [0.2, 0.25) is 0 Å². The molecule has 0 aromatic rings. The van der Waals surface area contributed by atoms with Gasteiger partial charge in [-0.3, -0.25) is 19.2 Å². The number of primary amides is 1. The maximum absolute atomic E-state index is 12.8. The molecular weight excluding hydrogens is 416 g/mol. The first kappa shape index (κ1) is 25.4. The molecule has 0 radical (unpaired) electrons. The van der Waals surface area contributed by atoms with E-state index in [2.05, 4.69) is 0 Å². The molecule has 0 saturated carbocycles. The van der Waals surface area contributed by atoms with E-state index in [1.165, 1.54) is 0 Å². The van der Waals surface area contributed by atoms with Crippen LogP contribution in [0.3, 0.4) is 0 Å². The summed E-state index contributed by atoms with van der Waals surface area (Å²) in [7, 11) is 0. The molecule has 0 unspecified atom stereocenters. The Balaban J connectivity index is 0.000000483. The predicted octanol–water partition coefficient (Wildman–Crippen LogP) is 0.472. The van der Waals surface area contributed by atoms with Gasteiger partial charge in [-0.05, 0) is 0 Å². The number of halogens is 5. The third kappa shape index (κ3) is 6.82. The van der Waals surface area contributed by atoms with Crippen molar-refractivity contribution in [3.05, 3.63) is 0 Å². The predicted molar refractivity (Wildman–Crippen MR) is 91.8 cm³/mol. The molecule has 8 nitrogen and oxygen atoms in total. The van der Waals surface area contributed by atoms with E-state index < -0.39 is 48.2 Å². The second-order valence-corrected chi connectivity index (χ2v) is 6.30. The topological polar surface area (TPSA) is 136 Å². The van der Waals surface area contributed by atoms with Crippen LogP contribution < -0.4 is 11.9 Å². The first-order valence-corrected chi connectivity index (χ1v) is 8.66. The largest absolute Gasteiger partial charge is 0.368 e. The van der Waals surface area contributed by atoms with Crippen molar-refractivity contribution in [1.82, 2.24) is 16.0 Å². The molecule has 3 amide bonds. The van der Waals surface area contributed by atoms with Crippen LogP contribution in [0.15, 0.2) is 0 Å². The Hall–Kier alpha value is -1.59. The molecule has 156 valence electrons. The Bertz CT molecular complexity index is 524. The van der Waals surface area contributed by atoms with E-state index in [-0.39, 0.29) is 43.8 Å². The molecule has 13 heteroatoms. The molecule has 27 heavy (non-hydrogen) atoms. The highest BCUT2D eigenvalue weighted by Gasteiger charge is 2.39. The lowest BCUT2D eigenvalue weighted by Crippen LogP contribution is -2.44. The van der Waals surface area contributed by atoms with Gasteiger partial charge in [-0.1, -0.05) is 0 Å². The first-order valence-electron chi connectivity index (χ1n) is 7.60. The van der Waals surface area contributed by atoms with E-state index in [1.807, 2.05) is 0 Å². The van der Waals surface area contributed by atoms with Crippen molar-refractivity contribution in [2.45, 2.75) is 37.3 Å². The zero-order valence-corrected chi connectivity index (χ0v) is 15.8. The van der Waals surface area contributed by atoms with Gasteiger partial charge >= 0.3 is 6.04 Å². The second-order valence-electron chi connectivity index (χ2n) is 5.76. The van der Waals surface area contributed by atoms with Gasteiger partial charge in [-0.15, -0.1) is 23.2 Å². The Morgan fingerprint density at radius 1 is 0.889 bits per heavy atom. The van der Waals surface area contributed by atoms with E-state index >= 15 is 0 Å². The molecule has 0 spiro atoms. The molecule has 0 aliphatic carbocycles. The van der Waals surface area contributed by atoms with Crippen LogP contribution in [0.5, 0.6) is 0 Å². The van der Waals surface area contributed by atoms with Crippen molar-refractivity contribution in [2.75, 3.05) is 24.8 Å². The molecule has 4 atom stereocenters. The monoisotopic (exact) mass is 436 g/mol. The van der Waals surface area contributed by atoms with E-state index in [1.54, 1.807) is 0 Å². The average molecular weight is 437 g/mol. The van der Waals surface area contributed by atoms with Crippen molar-refractivity contribution >= 4 is 47.0 Å². The summed E-state index contributed by atoms with van der Waals surface area (Å²) in [5, 5.41) is 0. The van der Waals surface area contributed by atoms with Crippen molar-refractivity contribution < 1.29 is 32.3 Å². The summed E-state index contributed by atoms with van der Waals surface area (Å²) in [4.78, 5) is 45.2. The van der Waals surface area contributed by atoms with Gasteiger partial charge in [-0.2, -0.15) is 4.39 Å². The Kier molecular flexibility index (Phi) is 10.6. The zero-order valence-electron chi connectivity index (χ0n) is 14.3. The molecule has 5 N–H and O–H groups in total. The molecule has 0 bridgehead atoms. The smallest absolute Gasteiger partial charge is 0.323 e. The van der Waals surface area contributed by atoms with E-state index in [9.17, 15) is 32.3 Å². The third-order valence-corrected chi connectivity index (χ3v) is 4.42. The summed E-state index contributed by atoms with van der Waals surface area (Å²) < 4.78 is 37.8. The minimum atomic E-state index is -1.68. The van der Waals surface area contributed by atoms with Gasteiger partial charge in [0.15, 0.2) is 0 Å². The first-order chi connectivity index (χ1) is 12.1.